The minimum absolute atomic E-state index is 0.258. The number of hydrogen-bond acceptors (Lipinski definition) is 2. The summed E-state index contributed by atoms with van der Waals surface area (Å²) in [6.07, 6.45) is -2.29. The van der Waals surface area contributed by atoms with E-state index in [-0.39, 0.29) is 5.56 Å². The summed E-state index contributed by atoms with van der Waals surface area (Å²) in [5.74, 6) is -0.772. The maximum Gasteiger partial charge on any atom is 0.340 e. The van der Waals surface area contributed by atoms with Crippen molar-refractivity contribution >= 4 is 5.97 Å². The summed E-state index contributed by atoms with van der Waals surface area (Å²) in [5, 5.41) is 0. The van der Waals surface area contributed by atoms with Gasteiger partial charge in [-0.2, -0.15) is 0 Å². The van der Waals surface area contributed by atoms with Gasteiger partial charge in [-0.1, -0.05) is 18.2 Å². The average molecular weight is 200 g/mol. The molecular formula is C10H10F2O2. The Labute approximate surface area is 80.5 Å². The second kappa shape index (κ2) is 5.32. The van der Waals surface area contributed by atoms with Gasteiger partial charge in [-0.15, -0.1) is 0 Å². The van der Waals surface area contributed by atoms with E-state index in [1.54, 1.807) is 18.2 Å². The van der Waals surface area contributed by atoms with E-state index in [1.165, 1.54) is 12.1 Å². The second-order valence-corrected chi connectivity index (χ2v) is 2.66. The van der Waals surface area contributed by atoms with E-state index < -0.39 is 25.4 Å². The third-order valence-corrected chi connectivity index (χ3v) is 1.58. The number of alkyl halides is 2. The summed E-state index contributed by atoms with van der Waals surface area (Å²) in [7, 11) is 0. The Balaban J connectivity index is 2.51. The fraction of sp³-hybridized carbons (Fsp3) is 0.300. The van der Waals surface area contributed by atoms with Crippen LogP contribution >= 0.6 is 0 Å². The highest BCUT2D eigenvalue weighted by molar-refractivity contribution is 5.89. The van der Waals surface area contributed by atoms with Crippen molar-refractivity contribution in [2.45, 2.75) is 12.8 Å². The van der Waals surface area contributed by atoms with Crippen LogP contribution in [0.25, 0.3) is 0 Å². The maximum absolute atomic E-state index is 12.7. The molecule has 0 radical (unpaired) electrons. The van der Waals surface area contributed by atoms with Gasteiger partial charge in [-0.05, 0) is 12.1 Å². The summed E-state index contributed by atoms with van der Waals surface area (Å²) in [4.78, 5) is 11.1. The van der Waals surface area contributed by atoms with Crippen LogP contribution in [-0.4, -0.2) is 19.0 Å². The van der Waals surface area contributed by atoms with Crippen molar-refractivity contribution in [3.05, 3.63) is 35.9 Å². The number of esters is 1. The van der Waals surface area contributed by atoms with Crippen molar-refractivity contribution < 1.29 is 18.3 Å². The van der Waals surface area contributed by atoms with Crippen LogP contribution in [0.1, 0.15) is 16.8 Å². The number of ether oxygens (including phenoxy) is 1. The molecule has 0 aliphatic heterocycles. The zero-order valence-electron chi connectivity index (χ0n) is 7.45. The molecule has 76 valence electrons. The van der Waals surface area contributed by atoms with E-state index in [1.807, 2.05) is 0 Å². The van der Waals surface area contributed by atoms with Crippen LogP contribution in [0.15, 0.2) is 30.3 Å². The Hall–Kier alpha value is -1.45. The average Bonchev–Trinajstić information content (AvgIpc) is 2.19. The number of benzene rings is 1. The molecule has 0 amide bonds. The number of carbonyl (C=O) groups is 1. The SMILES string of the molecule is O=C(OC(F)CCF)c1ccccc1. The van der Waals surface area contributed by atoms with Crippen LogP contribution in [0.5, 0.6) is 0 Å². The lowest BCUT2D eigenvalue weighted by Crippen LogP contribution is -2.14. The van der Waals surface area contributed by atoms with E-state index in [4.69, 9.17) is 0 Å². The largest absolute Gasteiger partial charge is 0.427 e. The van der Waals surface area contributed by atoms with Gasteiger partial charge in [0.25, 0.3) is 0 Å². The van der Waals surface area contributed by atoms with Gasteiger partial charge in [0.1, 0.15) is 0 Å². The lowest BCUT2D eigenvalue weighted by atomic mass is 10.2. The molecule has 0 saturated carbocycles. The molecule has 0 fully saturated rings. The Morgan fingerprint density at radius 2 is 2.00 bits per heavy atom. The van der Waals surface area contributed by atoms with Crippen LogP contribution < -0.4 is 0 Å². The molecule has 0 heterocycles. The maximum atomic E-state index is 12.7. The summed E-state index contributed by atoms with van der Waals surface area (Å²) in [6, 6.07) is 8.01. The molecule has 0 N–H and O–H groups in total. The van der Waals surface area contributed by atoms with Crippen molar-refractivity contribution in [3.8, 4) is 0 Å². The fourth-order valence-electron chi connectivity index (χ4n) is 0.903. The molecule has 1 aromatic carbocycles. The van der Waals surface area contributed by atoms with Gasteiger partial charge in [0.05, 0.1) is 12.2 Å². The van der Waals surface area contributed by atoms with E-state index >= 15 is 0 Å². The Morgan fingerprint density at radius 3 is 2.57 bits per heavy atom. The van der Waals surface area contributed by atoms with Gasteiger partial charge in [0, 0.05) is 6.42 Å². The first-order valence-corrected chi connectivity index (χ1v) is 4.20. The third-order valence-electron chi connectivity index (χ3n) is 1.58. The first kappa shape index (κ1) is 10.6. The molecule has 0 aliphatic carbocycles. The molecule has 1 unspecified atom stereocenters. The van der Waals surface area contributed by atoms with Crippen LogP contribution in [0.3, 0.4) is 0 Å². The van der Waals surface area contributed by atoms with Crippen molar-refractivity contribution in [2.24, 2.45) is 0 Å². The standard InChI is InChI=1S/C10H10F2O2/c11-7-6-9(12)14-10(13)8-4-2-1-3-5-8/h1-5,9H,6-7H2. The first-order valence-electron chi connectivity index (χ1n) is 4.20. The normalized spacial score (nSPS) is 12.1. The highest BCUT2D eigenvalue weighted by Crippen LogP contribution is 2.07. The van der Waals surface area contributed by atoms with Crippen LogP contribution in [0.4, 0.5) is 8.78 Å². The quantitative estimate of drug-likeness (QED) is 0.698. The molecule has 0 bridgehead atoms. The second-order valence-electron chi connectivity index (χ2n) is 2.66. The predicted molar refractivity (Wildman–Crippen MR) is 47.3 cm³/mol. The zero-order chi connectivity index (χ0) is 10.4. The molecule has 0 spiro atoms. The molecule has 1 rings (SSSR count). The lowest BCUT2D eigenvalue weighted by Gasteiger charge is -2.07. The minimum atomic E-state index is -1.87. The van der Waals surface area contributed by atoms with E-state index in [0.29, 0.717) is 0 Å². The number of rotatable bonds is 4. The van der Waals surface area contributed by atoms with Gasteiger partial charge in [0.15, 0.2) is 0 Å². The van der Waals surface area contributed by atoms with Crippen LogP contribution in [0.2, 0.25) is 0 Å². The summed E-state index contributed by atoms with van der Waals surface area (Å²) >= 11 is 0. The molecule has 0 aromatic heterocycles. The molecular weight excluding hydrogens is 190 g/mol. The monoisotopic (exact) mass is 200 g/mol. The molecule has 1 atom stereocenters. The van der Waals surface area contributed by atoms with Crippen LogP contribution in [0, 0.1) is 0 Å². The topological polar surface area (TPSA) is 26.3 Å². The number of hydrogen-bond donors (Lipinski definition) is 0. The van der Waals surface area contributed by atoms with Crippen molar-refractivity contribution in [1.29, 1.82) is 0 Å². The summed E-state index contributed by atoms with van der Waals surface area (Å²) in [6.45, 7) is -0.844. The van der Waals surface area contributed by atoms with Crippen LogP contribution in [-0.2, 0) is 4.74 Å². The van der Waals surface area contributed by atoms with E-state index in [9.17, 15) is 13.6 Å². The molecule has 2 nitrogen and oxygen atoms in total. The molecule has 14 heavy (non-hydrogen) atoms. The fourth-order valence-corrected chi connectivity index (χ4v) is 0.903. The minimum Gasteiger partial charge on any atom is -0.427 e. The van der Waals surface area contributed by atoms with Crippen molar-refractivity contribution in [2.75, 3.05) is 6.67 Å². The van der Waals surface area contributed by atoms with E-state index in [2.05, 4.69) is 4.74 Å². The number of carbonyl (C=O) groups excluding carboxylic acids is 1. The van der Waals surface area contributed by atoms with Crippen molar-refractivity contribution in [1.82, 2.24) is 0 Å². The Bertz CT molecular complexity index is 287. The number of halogens is 2. The predicted octanol–water partition coefficient (Wildman–Crippen LogP) is 2.50. The van der Waals surface area contributed by atoms with Gasteiger partial charge in [-0.3, -0.25) is 4.39 Å². The van der Waals surface area contributed by atoms with Gasteiger partial charge < -0.3 is 4.74 Å². The van der Waals surface area contributed by atoms with E-state index in [0.717, 1.165) is 0 Å². The lowest BCUT2D eigenvalue weighted by molar-refractivity contribution is -0.0208. The smallest absolute Gasteiger partial charge is 0.340 e. The summed E-state index contributed by atoms with van der Waals surface area (Å²) in [5.41, 5.74) is 0.258. The van der Waals surface area contributed by atoms with Gasteiger partial charge in [0.2, 0.25) is 6.36 Å². The Morgan fingerprint density at radius 1 is 1.36 bits per heavy atom. The van der Waals surface area contributed by atoms with Gasteiger partial charge in [-0.25, -0.2) is 9.18 Å². The molecule has 0 aliphatic rings. The highest BCUT2D eigenvalue weighted by Gasteiger charge is 2.13. The molecule has 0 saturated heterocycles. The zero-order valence-corrected chi connectivity index (χ0v) is 7.45. The molecule has 1 aromatic rings. The highest BCUT2D eigenvalue weighted by atomic mass is 19.2. The summed E-state index contributed by atoms with van der Waals surface area (Å²) < 4.78 is 28.7. The van der Waals surface area contributed by atoms with Crippen molar-refractivity contribution in [3.63, 3.8) is 0 Å². The molecule has 4 heteroatoms. The third kappa shape index (κ3) is 3.12. The first-order chi connectivity index (χ1) is 6.74. The Kier molecular flexibility index (Phi) is 4.04. The van der Waals surface area contributed by atoms with Gasteiger partial charge >= 0.3 is 5.97 Å².